The second-order valence-electron chi connectivity index (χ2n) is 4.59. The summed E-state index contributed by atoms with van der Waals surface area (Å²) in [5.41, 5.74) is 4.16. The molecule has 0 unspecified atom stereocenters. The SMILES string of the molecule is CC(C)(CCN)C(=O)N(CC(=O)O)CC(F)(F)F. The van der Waals surface area contributed by atoms with Crippen molar-refractivity contribution in [2.75, 3.05) is 19.6 Å². The van der Waals surface area contributed by atoms with E-state index in [0.717, 1.165) is 0 Å². The van der Waals surface area contributed by atoms with E-state index >= 15 is 0 Å². The summed E-state index contributed by atoms with van der Waals surface area (Å²) in [6.45, 7) is 0.449. The molecule has 0 rings (SSSR count). The first kappa shape index (κ1) is 16.7. The number of nitrogens with two attached hydrogens (primary N) is 1. The van der Waals surface area contributed by atoms with Crippen LogP contribution in [0.25, 0.3) is 0 Å². The summed E-state index contributed by atoms with van der Waals surface area (Å²) in [4.78, 5) is 22.7. The van der Waals surface area contributed by atoms with Crippen LogP contribution in [0, 0.1) is 5.41 Å². The Kier molecular flexibility index (Phi) is 5.59. The van der Waals surface area contributed by atoms with Gasteiger partial charge >= 0.3 is 12.1 Å². The number of carbonyl (C=O) groups is 2. The standard InChI is InChI=1S/C10H17F3N2O3/c1-9(2,3-4-14)8(18)15(5-7(16)17)6-10(11,12)13/h3-6,14H2,1-2H3,(H,16,17). The van der Waals surface area contributed by atoms with Crippen molar-refractivity contribution in [2.24, 2.45) is 11.1 Å². The highest BCUT2D eigenvalue weighted by atomic mass is 19.4. The van der Waals surface area contributed by atoms with Crippen LogP contribution in [0.15, 0.2) is 0 Å². The van der Waals surface area contributed by atoms with Gasteiger partial charge < -0.3 is 15.7 Å². The molecule has 0 heterocycles. The minimum atomic E-state index is -4.64. The molecule has 0 aromatic rings. The van der Waals surface area contributed by atoms with Gasteiger partial charge in [-0.1, -0.05) is 13.8 Å². The second kappa shape index (κ2) is 6.03. The van der Waals surface area contributed by atoms with E-state index in [1.54, 1.807) is 0 Å². The molecule has 0 aliphatic heterocycles. The van der Waals surface area contributed by atoms with Crippen LogP contribution < -0.4 is 5.73 Å². The first-order chi connectivity index (χ1) is 7.99. The van der Waals surface area contributed by atoms with E-state index in [1.807, 2.05) is 0 Å². The minimum absolute atomic E-state index is 0.131. The van der Waals surface area contributed by atoms with Gasteiger partial charge in [-0.3, -0.25) is 9.59 Å². The second-order valence-corrected chi connectivity index (χ2v) is 4.59. The lowest BCUT2D eigenvalue weighted by Crippen LogP contribution is -2.48. The quantitative estimate of drug-likeness (QED) is 0.749. The maximum Gasteiger partial charge on any atom is 0.406 e. The fourth-order valence-electron chi connectivity index (χ4n) is 1.48. The van der Waals surface area contributed by atoms with Crippen molar-refractivity contribution in [1.82, 2.24) is 4.90 Å². The highest BCUT2D eigenvalue weighted by Gasteiger charge is 2.39. The predicted molar refractivity (Wildman–Crippen MR) is 57.7 cm³/mol. The van der Waals surface area contributed by atoms with Crippen molar-refractivity contribution in [2.45, 2.75) is 26.4 Å². The number of nitrogens with zero attached hydrogens (tertiary/aromatic N) is 1. The monoisotopic (exact) mass is 270 g/mol. The molecule has 1 amide bonds. The molecule has 0 aromatic carbocycles. The molecule has 0 bridgehead atoms. The first-order valence-electron chi connectivity index (χ1n) is 5.27. The fraction of sp³-hybridized carbons (Fsp3) is 0.800. The summed E-state index contributed by atoms with van der Waals surface area (Å²) in [6, 6.07) is 0. The number of hydrogen-bond donors (Lipinski definition) is 2. The number of alkyl halides is 3. The maximum absolute atomic E-state index is 12.3. The van der Waals surface area contributed by atoms with Crippen LogP contribution in [0.1, 0.15) is 20.3 Å². The Bertz CT molecular complexity index is 316. The van der Waals surface area contributed by atoms with Crippen LogP contribution >= 0.6 is 0 Å². The van der Waals surface area contributed by atoms with Gasteiger partial charge in [0.2, 0.25) is 5.91 Å². The van der Waals surface area contributed by atoms with Gasteiger partial charge in [0, 0.05) is 5.41 Å². The van der Waals surface area contributed by atoms with E-state index < -0.39 is 36.6 Å². The summed E-state index contributed by atoms with van der Waals surface area (Å²) in [6.07, 6.45) is -4.45. The molecule has 0 aliphatic rings. The van der Waals surface area contributed by atoms with E-state index in [4.69, 9.17) is 10.8 Å². The molecule has 0 radical (unpaired) electrons. The molecule has 106 valence electrons. The Labute approximate surface area is 103 Å². The molecular formula is C10H17F3N2O3. The van der Waals surface area contributed by atoms with Crippen LogP contribution in [0.2, 0.25) is 0 Å². The Morgan fingerprint density at radius 2 is 1.78 bits per heavy atom. The number of carboxylic acid groups (broad SMARTS) is 1. The number of carboxylic acids is 1. The lowest BCUT2D eigenvalue weighted by atomic mass is 9.87. The third-order valence-corrected chi connectivity index (χ3v) is 2.33. The van der Waals surface area contributed by atoms with Crippen LogP contribution in [0.3, 0.4) is 0 Å². The normalized spacial score (nSPS) is 12.3. The van der Waals surface area contributed by atoms with Gasteiger partial charge in [0.05, 0.1) is 0 Å². The van der Waals surface area contributed by atoms with Gasteiger partial charge in [-0.25, -0.2) is 0 Å². The van der Waals surface area contributed by atoms with Crippen molar-refractivity contribution < 1.29 is 27.9 Å². The third-order valence-electron chi connectivity index (χ3n) is 2.33. The Morgan fingerprint density at radius 1 is 1.28 bits per heavy atom. The van der Waals surface area contributed by atoms with Crippen molar-refractivity contribution in [3.63, 3.8) is 0 Å². The van der Waals surface area contributed by atoms with Gasteiger partial charge in [0.25, 0.3) is 0 Å². The van der Waals surface area contributed by atoms with E-state index in [-0.39, 0.29) is 17.9 Å². The summed E-state index contributed by atoms with van der Waals surface area (Å²) in [7, 11) is 0. The molecule has 0 fully saturated rings. The largest absolute Gasteiger partial charge is 0.480 e. The fourth-order valence-corrected chi connectivity index (χ4v) is 1.48. The lowest BCUT2D eigenvalue weighted by molar-refractivity contribution is -0.170. The summed E-state index contributed by atoms with van der Waals surface area (Å²) < 4.78 is 36.8. The van der Waals surface area contributed by atoms with Gasteiger partial charge in [-0.2, -0.15) is 13.2 Å². The van der Waals surface area contributed by atoms with Crippen molar-refractivity contribution in [1.29, 1.82) is 0 Å². The Morgan fingerprint density at radius 3 is 2.11 bits per heavy atom. The molecule has 0 saturated heterocycles. The van der Waals surface area contributed by atoms with E-state index in [1.165, 1.54) is 13.8 Å². The molecule has 0 aliphatic carbocycles. The van der Waals surface area contributed by atoms with Crippen LogP contribution in [0.4, 0.5) is 13.2 Å². The minimum Gasteiger partial charge on any atom is -0.480 e. The predicted octanol–water partition coefficient (Wildman–Crippen LogP) is 0.837. The number of rotatable bonds is 6. The topological polar surface area (TPSA) is 83.6 Å². The van der Waals surface area contributed by atoms with Crippen LogP contribution in [-0.2, 0) is 9.59 Å². The lowest BCUT2D eigenvalue weighted by Gasteiger charge is -2.31. The Balaban J connectivity index is 4.95. The highest BCUT2D eigenvalue weighted by Crippen LogP contribution is 2.25. The highest BCUT2D eigenvalue weighted by molar-refractivity contribution is 5.85. The van der Waals surface area contributed by atoms with Crippen molar-refractivity contribution in [3.05, 3.63) is 0 Å². The van der Waals surface area contributed by atoms with Gasteiger partial charge in [0.1, 0.15) is 13.1 Å². The average Bonchev–Trinajstić information content (AvgIpc) is 2.12. The molecular weight excluding hydrogens is 253 g/mol. The zero-order chi connectivity index (χ0) is 14.6. The van der Waals surface area contributed by atoms with E-state index in [9.17, 15) is 22.8 Å². The first-order valence-corrected chi connectivity index (χ1v) is 5.27. The summed E-state index contributed by atoms with van der Waals surface area (Å²) >= 11 is 0. The van der Waals surface area contributed by atoms with E-state index in [0.29, 0.717) is 0 Å². The zero-order valence-electron chi connectivity index (χ0n) is 10.3. The van der Waals surface area contributed by atoms with Gasteiger partial charge in [-0.05, 0) is 13.0 Å². The molecule has 5 nitrogen and oxygen atoms in total. The molecule has 0 aromatic heterocycles. The number of halogens is 3. The molecule has 0 spiro atoms. The molecule has 0 atom stereocenters. The molecule has 3 N–H and O–H groups in total. The molecule has 0 saturated carbocycles. The van der Waals surface area contributed by atoms with Crippen molar-refractivity contribution >= 4 is 11.9 Å². The number of aliphatic carboxylic acids is 1. The molecule has 8 heteroatoms. The van der Waals surface area contributed by atoms with Crippen LogP contribution in [-0.4, -0.2) is 47.7 Å². The zero-order valence-corrected chi connectivity index (χ0v) is 10.3. The van der Waals surface area contributed by atoms with Crippen molar-refractivity contribution in [3.8, 4) is 0 Å². The average molecular weight is 270 g/mol. The number of amides is 1. The molecule has 18 heavy (non-hydrogen) atoms. The summed E-state index contributed by atoms with van der Waals surface area (Å²) in [5, 5.41) is 8.54. The number of carbonyl (C=O) groups excluding carboxylic acids is 1. The Hall–Kier alpha value is -1.31. The third kappa shape index (κ3) is 5.85. The van der Waals surface area contributed by atoms with Gasteiger partial charge in [-0.15, -0.1) is 0 Å². The maximum atomic E-state index is 12.3. The van der Waals surface area contributed by atoms with E-state index in [2.05, 4.69) is 0 Å². The summed E-state index contributed by atoms with van der Waals surface area (Å²) in [5.74, 6) is -2.36. The van der Waals surface area contributed by atoms with Gasteiger partial charge in [0.15, 0.2) is 0 Å². The van der Waals surface area contributed by atoms with Crippen LogP contribution in [0.5, 0.6) is 0 Å². The smallest absolute Gasteiger partial charge is 0.406 e. The number of hydrogen-bond acceptors (Lipinski definition) is 3.